The number of rotatable bonds is 4. The molecule has 1 aromatic heterocycles. The van der Waals surface area contributed by atoms with Gasteiger partial charge in [-0.2, -0.15) is 5.10 Å². The molecule has 128 valence electrons. The number of piperidine rings is 1. The molecule has 2 heterocycles. The Bertz CT molecular complexity index is 751. The van der Waals surface area contributed by atoms with Crippen molar-refractivity contribution in [3.63, 3.8) is 0 Å². The summed E-state index contributed by atoms with van der Waals surface area (Å²) in [5, 5.41) is 13.7. The third-order valence-corrected chi connectivity index (χ3v) is 5.15. The van der Waals surface area contributed by atoms with Crippen LogP contribution in [-0.2, 0) is 13.6 Å². The second kappa shape index (κ2) is 6.77. The van der Waals surface area contributed by atoms with E-state index in [4.69, 9.17) is 0 Å². The molecule has 0 amide bonds. The number of carbonyl (C=O) groups is 1. The summed E-state index contributed by atoms with van der Waals surface area (Å²) in [6, 6.07) is 7.40. The number of carboxylic acid groups (broad SMARTS) is 1. The van der Waals surface area contributed by atoms with Crippen molar-refractivity contribution in [3.8, 4) is 0 Å². The Kier molecular flexibility index (Phi) is 4.71. The predicted molar refractivity (Wildman–Crippen MR) is 93.3 cm³/mol. The molecule has 0 aliphatic carbocycles. The molecule has 1 aliphatic heterocycles. The van der Waals surface area contributed by atoms with Crippen LogP contribution in [-0.4, -0.2) is 38.8 Å². The van der Waals surface area contributed by atoms with Crippen molar-refractivity contribution >= 4 is 5.97 Å². The molecule has 2 aromatic rings. The Hall–Kier alpha value is -2.14. The predicted octanol–water partition coefficient (Wildman–Crippen LogP) is 3.11. The van der Waals surface area contributed by atoms with Gasteiger partial charge in [0.25, 0.3) is 0 Å². The fourth-order valence-corrected chi connectivity index (χ4v) is 3.67. The first kappa shape index (κ1) is 16.7. The van der Waals surface area contributed by atoms with Gasteiger partial charge in [-0.3, -0.25) is 9.58 Å². The SMILES string of the molecule is Cc1nn(C)c(C)c1CN1CCC[C@@H](c2cccc(C(=O)O)c2)C1. The molecule has 1 saturated heterocycles. The van der Waals surface area contributed by atoms with Gasteiger partial charge in [-0.25, -0.2) is 4.79 Å². The van der Waals surface area contributed by atoms with Gasteiger partial charge in [0, 0.05) is 31.4 Å². The summed E-state index contributed by atoms with van der Waals surface area (Å²) in [5.41, 5.74) is 5.16. The third-order valence-electron chi connectivity index (χ3n) is 5.15. The molecule has 5 nitrogen and oxygen atoms in total. The monoisotopic (exact) mass is 327 g/mol. The summed E-state index contributed by atoms with van der Waals surface area (Å²) in [6.45, 7) is 7.16. The summed E-state index contributed by atoms with van der Waals surface area (Å²) in [6.07, 6.45) is 2.25. The summed E-state index contributed by atoms with van der Waals surface area (Å²) in [5.74, 6) is -0.457. The highest BCUT2D eigenvalue weighted by molar-refractivity contribution is 5.87. The van der Waals surface area contributed by atoms with E-state index < -0.39 is 5.97 Å². The second-order valence-corrected chi connectivity index (χ2v) is 6.78. The highest BCUT2D eigenvalue weighted by Gasteiger charge is 2.23. The largest absolute Gasteiger partial charge is 0.478 e. The summed E-state index contributed by atoms with van der Waals surface area (Å²) in [4.78, 5) is 13.7. The van der Waals surface area contributed by atoms with Crippen LogP contribution in [0.2, 0.25) is 0 Å². The Morgan fingerprint density at radius 1 is 1.38 bits per heavy atom. The standard InChI is InChI=1S/C19H25N3O2/c1-13-18(14(2)21(3)20-13)12-22-9-5-8-17(11-22)15-6-4-7-16(10-15)19(23)24/h4,6-7,10,17H,5,8-9,11-12H2,1-3H3,(H,23,24)/t17-/m1/s1. The number of aromatic carboxylic acids is 1. The minimum absolute atomic E-state index is 0.378. The van der Waals surface area contributed by atoms with E-state index in [1.807, 2.05) is 23.9 Å². The number of hydrogen-bond donors (Lipinski definition) is 1. The topological polar surface area (TPSA) is 58.4 Å². The molecule has 24 heavy (non-hydrogen) atoms. The van der Waals surface area contributed by atoms with Crippen LogP contribution in [0.4, 0.5) is 0 Å². The van der Waals surface area contributed by atoms with E-state index in [1.54, 1.807) is 6.07 Å². The van der Waals surface area contributed by atoms with Crippen LogP contribution >= 0.6 is 0 Å². The Balaban J connectivity index is 1.75. The van der Waals surface area contributed by atoms with E-state index in [1.165, 1.54) is 11.3 Å². The Morgan fingerprint density at radius 2 is 2.17 bits per heavy atom. The van der Waals surface area contributed by atoms with Crippen LogP contribution in [0.3, 0.4) is 0 Å². The van der Waals surface area contributed by atoms with Crippen LogP contribution in [0, 0.1) is 13.8 Å². The first-order chi connectivity index (χ1) is 11.5. The first-order valence-corrected chi connectivity index (χ1v) is 8.50. The Morgan fingerprint density at radius 3 is 2.83 bits per heavy atom. The number of aryl methyl sites for hydroxylation is 2. The lowest BCUT2D eigenvalue weighted by atomic mass is 9.89. The second-order valence-electron chi connectivity index (χ2n) is 6.78. The van der Waals surface area contributed by atoms with Crippen molar-refractivity contribution in [1.29, 1.82) is 0 Å². The molecule has 0 spiro atoms. The van der Waals surface area contributed by atoms with Gasteiger partial charge in [-0.15, -0.1) is 0 Å². The molecule has 0 unspecified atom stereocenters. The normalized spacial score (nSPS) is 18.7. The molecule has 1 aromatic carbocycles. The lowest BCUT2D eigenvalue weighted by Crippen LogP contribution is -2.34. The first-order valence-electron chi connectivity index (χ1n) is 8.50. The Labute approximate surface area is 142 Å². The van der Waals surface area contributed by atoms with E-state index in [2.05, 4.69) is 29.9 Å². The summed E-state index contributed by atoms with van der Waals surface area (Å²) < 4.78 is 1.95. The van der Waals surface area contributed by atoms with Crippen LogP contribution < -0.4 is 0 Å². The maximum absolute atomic E-state index is 11.2. The van der Waals surface area contributed by atoms with Crippen molar-refractivity contribution in [1.82, 2.24) is 14.7 Å². The minimum atomic E-state index is -0.855. The molecule has 1 fully saturated rings. The van der Waals surface area contributed by atoms with Gasteiger partial charge in [0.1, 0.15) is 0 Å². The number of nitrogens with zero attached hydrogens (tertiary/aromatic N) is 3. The third kappa shape index (κ3) is 3.36. The summed E-state index contributed by atoms with van der Waals surface area (Å²) >= 11 is 0. The van der Waals surface area contributed by atoms with Gasteiger partial charge in [0.2, 0.25) is 0 Å². The molecule has 0 saturated carbocycles. The van der Waals surface area contributed by atoms with Crippen LogP contribution in [0.15, 0.2) is 24.3 Å². The number of carboxylic acids is 1. The van der Waals surface area contributed by atoms with Gasteiger partial charge in [0.15, 0.2) is 0 Å². The molecular weight excluding hydrogens is 302 g/mol. The molecular formula is C19H25N3O2. The lowest BCUT2D eigenvalue weighted by Gasteiger charge is -2.33. The van der Waals surface area contributed by atoms with E-state index in [-0.39, 0.29) is 0 Å². The number of hydrogen-bond acceptors (Lipinski definition) is 3. The van der Waals surface area contributed by atoms with E-state index in [9.17, 15) is 9.90 Å². The molecule has 1 atom stereocenters. The molecule has 0 radical (unpaired) electrons. The molecule has 3 rings (SSSR count). The average Bonchev–Trinajstić information content (AvgIpc) is 2.81. The number of benzene rings is 1. The van der Waals surface area contributed by atoms with E-state index in [0.717, 1.165) is 43.7 Å². The highest BCUT2D eigenvalue weighted by atomic mass is 16.4. The minimum Gasteiger partial charge on any atom is -0.478 e. The van der Waals surface area contributed by atoms with Gasteiger partial charge < -0.3 is 5.11 Å². The molecule has 5 heteroatoms. The molecule has 0 bridgehead atoms. The number of likely N-dealkylation sites (tertiary alicyclic amines) is 1. The molecule has 1 aliphatic rings. The fourth-order valence-electron chi connectivity index (χ4n) is 3.67. The average molecular weight is 327 g/mol. The zero-order chi connectivity index (χ0) is 17.3. The highest BCUT2D eigenvalue weighted by Crippen LogP contribution is 2.29. The molecule has 1 N–H and O–H groups in total. The lowest BCUT2D eigenvalue weighted by molar-refractivity contribution is 0.0696. The van der Waals surface area contributed by atoms with Crippen molar-refractivity contribution < 1.29 is 9.90 Å². The van der Waals surface area contributed by atoms with E-state index >= 15 is 0 Å². The quantitative estimate of drug-likeness (QED) is 0.937. The van der Waals surface area contributed by atoms with Crippen LogP contribution in [0.5, 0.6) is 0 Å². The van der Waals surface area contributed by atoms with Gasteiger partial charge in [0.05, 0.1) is 11.3 Å². The van der Waals surface area contributed by atoms with Crippen LogP contribution in [0.1, 0.15) is 51.6 Å². The summed E-state index contributed by atoms with van der Waals surface area (Å²) in [7, 11) is 1.99. The smallest absolute Gasteiger partial charge is 0.335 e. The zero-order valence-corrected chi connectivity index (χ0v) is 14.6. The van der Waals surface area contributed by atoms with Crippen LogP contribution in [0.25, 0.3) is 0 Å². The van der Waals surface area contributed by atoms with E-state index in [0.29, 0.717) is 11.5 Å². The fraction of sp³-hybridized carbons (Fsp3) is 0.474. The maximum atomic E-state index is 11.2. The maximum Gasteiger partial charge on any atom is 0.335 e. The van der Waals surface area contributed by atoms with Gasteiger partial charge >= 0.3 is 5.97 Å². The van der Waals surface area contributed by atoms with Gasteiger partial charge in [-0.1, -0.05) is 12.1 Å². The zero-order valence-electron chi connectivity index (χ0n) is 14.6. The van der Waals surface area contributed by atoms with Crippen molar-refractivity contribution in [2.45, 2.75) is 39.2 Å². The number of aromatic nitrogens is 2. The van der Waals surface area contributed by atoms with Crippen molar-refractivity contribution in [2.75, 3.05) is 13.1 Å². The van der Waals surface area contributed by atoms with Crippen molar-refractivity contribution in [2.24, 2.45) is 7.05 Å². The van der Waals surface area contributed by atoms with Crippen molar-refractivity contribution in [3.05, 3.63) is 52.3 Å². The van der Waals surface area contributed by atoms with Gasteiger partial charge in [-0.05, 0) is 56.8 Å².